The molecule has 2 aromatic rings. The summed E-state index contributed by atoms with van der Waals surface area (Å²) in [5.41, 5.74) is 4.99. The van der Waals surface area contributed by atoms with Crippen LogP contribution in [0.4, 0.5) is 0 Å². The Bertz CT molecular complexity index is 755. The van der Waals surface area contributed by atoms with Gasteiger partial charge in [-0.05, 0) is 34.1 Å². The van der Waals surface area contributed by atoms with Crippen molar-refractivity contribution in [1.82, 2.24) is 20.7 Å². The van der Waals surface area contributed by atoms with Crippen LogP contribution in [0, 0.1) is 5.92 Å². The lowest BCUT2D eigenvalue weighted by Gasteiger charge is -2.15. The maximum absolute atomic E-state index is 12.1. The third-order valence-electron chi connectivity index (χ3n) is 3.70. The first kappa shape index (κ1) is 16.3. The van der Waals surface area contributed by atoms with Gasteiger partial charge in [0.25, 0.3) is 5.91 Å². The fraction of sp³-hybridized carbons (Fsp3) is 0.267. The largest absolute Gasteiger partial charge is 0.467 e. The molecule has 2 aromatic heterocycles. The Morgan fingerprint density at radius 2 is 2.25 bits per heavy atom. The van der Waals surface area contributed by atoms with Crippen LogP contribution in [-0.4, -0.2) is 34.2 Å². The lowest BCUT2D eigenvalue weighted by molar-refractivity contribution is -0.129. The summed E-state index contributed by atoms with van der Waals surface area (Å²) in [6.07, 6.45) is 3.25. The number of H-pyrrole nitrogens is 1. The van der Waals surface area contributed by atoms with Gasteiger partial charge in [-0.1, -0.05) is 0 Å². The van der Waals surface area contributed by atoms with Crippen LogP contribution in [0.3, 0.4) is 0 Å². The fourth-order valence-electron chi connectivity index (χ4n) is 2.48. The average Bonchev–Trinajstić information content (AvgIpc) is 3.28. The van der Waals surface area contributed by atoms with Gasteiger partial charge < -0.3 is 14.3 Å². The first-order valence-corrected chi connectivity index (χ1v) is 8.06. The third kappa shape index (κ3) is 3.67. The summed E-state index contributed by atoms with van der Waals surface area (Å²) in [5, 5.41) is 0. The van der Waals surface area contributed by atoms with Crippen LogP contribution < -0.4 is 10.9 Å². The second kappa shape index (κ2) is 6.91. The fourth-order valence-corrected chi connectivity index (χ4v) is 2.82. The summed E-state index contributed by atoms with van der Waals surface area (Å²) in [6, 6.07) is 5.11. The number of carbonyl (C=O) groups is 3. The molecule has 3 N–H and O–H groups in total. The van der Waals surface area contributed by atoms with Gasteiger partial charge >= 0.3 is 0 Å². The predicted molar refractivity (Wildman–Crippen MR) is 86.3 cm³/mol. The molecule has 0 unspecified atom stereocenters. The van der Waals surface area contributed by atoms with Gasteiger partial charge in [-0.25, -0.2) is 0 Å². The number of aromatic amines is 1. The highest BCUT2D eigenvalue weighted by molar-refractivity contribution is 9.10. The number of halogens is 1. The Balaban J connectivity index is 1.50. The van der Waals surface area contributed by atoms with Crippen LogP contribution in [0.25, 0.3) is 0 Å². The molecule has 0 spiro atoms. The van der Waals surface area contributed by atoms with Gasteiger partial charge in [0, 0.05) is 23.6 Å². The number of aromatic nitrogens is 1. The van der Waals surface area contributed by atoms with E-state index in [9.17, 15) is 14.4 Å². The molecule has 3 rings (SSSR count). The highest BCUT2D eigenvalue weighted by Gasteiger charge is 2.34. The molecule has 1 fully saturated rings. The van der Waals surface area contributed by atoms with Gasteiger partial charge in [0.05, 0.1) is 18.7 Å². The Hall–Kier alpha value is -2.55. The molecule has 1 aliphatic heterocycles. The molecule has 3 amide bonds. The molecule has 0 radical (unpaired) electrons. The summed E-state index contributed by atoms with van der Waals surface area (Å²) in [4.78, 5) is 40.3. The molecule has 1 aliphatic rings. The Morgan fingerprint density at radius 3 is 2.92 bits per heavy atom. The number of furan rings is 1. The minimum Gasteiger partial charge on any atom is -0.467 e. The number of hydrazine groups is 1. The molecule has 1 atom stereocenters. The number of hydrogen-bond acceptors (Lipinski definition) is 4. The zero-order valence-corrected chi connectivity index (χ0v) is 14.1. The molecular formula is C15H15BrN4O4. The van der Waals surface area contributed by atoms with E-state index in [2.05, 4.69) is 31.8 Å². The van der Waals surface area contributed by atoms with Crippen LogP contribution in [-0.2, 0) is 16.1 Å². The van der Waals surface area contributed by atoms with Crippen LogP contribution >= 0.6 is 15.9 Å². The first-order valence-electron chi connectivity index (χ1n) is 7.27. The van der Waals surface area contributed by atoms with Crippen molar-refractivity contribution in [2.75, 3.05) is 6.54 Å². The summed E-state index contributed by atoms with van der Waals surface area (Å²) in [5.74, 6) is -0.834. The van der Waals surface area contributed by atoms with Crippen LogP contribution in [0.2, 0.25) is 0 Å². The van der Waals surface area contributed by atoms with E-state index < -0.39 is 17.7 Å². The van der Waals surface area contributed by atoms with E-state index in [1.54, 1.807) is 29.3 Å². The predicted octanol–water partition coefficient (Wildman–Crippen LogP) is 1.18. The number of likely N-dealkylation sites (tertiary alicyclic amines) is 1. The standard InChI is InChI=1S/C15H15BrN4O4/c16-10-5-12(17-6-10)15(23)19-18-14(22)9-4-13(21)20(7-9)8-11-2-1-3-24-11/h1-3,5-6,9,17H,4,7-8H2,(H,18,22)(H,19,23)/t9-/m1/s1. The summed E-state index contributed by atoms with van der Waals surface area (Å²) >= 11 is 3.22. The highest BCUT2D eigenvalue weighted by Crippen LogP contribution is 2.20. The minimum absolute atomic E-state index is 0.108. The molecule has 0 aromatic carbocycles. The second-order valence-electron chi connectivity index (χ2n) is 5.43. The molecule has 9 heteroatoms. The van der Waals surface area contributed by atoms with Crippen molar-refractivity contribution in [3.05, 3.63) is 46.6 Å². The summed E-state index contributed by atoms with van der Waals surface area (Å²) in [6.45, 7) is 0.619. The number of nitrogens with zero attached hydrogens (tertiary/aromatic N) is 1. The Morgan fingerprint density at radius 1 is 1.42 bits per heavy atom. The van der Waals surface area contributed by atoms with Crippen molar-refractivity contribution in [2.45, 2.75) is 13.0 Å². The van der Waals surface area contributed by atoms with Gasteiger partial charge in [0.2, 0.25) is 11.8 Å². The smallest absolute Gasteiger partial charge is 0.286 e. The first-order chi connectivity index (χ1) is 11.5. The number of rotatable bonds is 4. The van der Waals surface area contributed by atoms with E-state index >= 15 is 0 Å². The van der Waals surface area contributed by atoms with Crippen molar-refractivity contribution in [2.24, 2.45) is 5.92 Å². The zero-order valence-electron chi connectivity index (χ0n) is 12.5. The van der Waals surface area contributed by atoms with E-state index in [1.165, 1.54) is 6.26 Å². The Kier molecular flexibility index (Phi) is 4.70. The molecule has 8 nitrogen and oxygen atoms in total. The highest BCUT2D eigenvalue weighted by atomic mass is 79.9. The van der Waals surface area contributed by atoms with Crippen molar-refractivity contribution >= 4 is 33.7 Å². The zero-order chi connectivity index (χ0) is 17.1. The molecule has 24 heavy (non-hydrogen) atoms. The van der Waals surface area contributed by atoms with Gasteiger partial charge in [0.1, 0.15) is 11.5 Å². The summed E-state index contributed by atoms with van der Waals surface area (Å²) < 4.78 is 5.94. The van der Waals surface area contributed by atoms with Crippen molar-refractivity contribution in [3.63, 3.8) is 0 Å². The van der Waals surface area contributed by atoms with Crippen LogP contribution in [0.15, 0.2) is 39.5 Å². The average molecular weight is 395 g/mol. The van der Waals surface area contributed by atoms with E-state index in [0.717, 1.165) is 4.47 Å². The molecule has 0 bridgehead atoms. The van der Waals surface area contributed by atoms with Crippen LogP contribution in [0.1, 0.15) is 22.7 Å². The van der Waals surface area contributed by atoms with E-state index in [0.29, 0.717) is 18.0 Å². The maximum Gasteiger partial charge on any atom is 0.286 e. The lowest BCUT2D eigenvalue weighted by Crippen LogP contribution is -2.45. The second-order valence-corrected chi connectivity index (χ2v) is 6.35. The van der Waals surface area contributed by atoms with Gasteiger partial charge in [-0.15, -0.1) is 0 Å². The van der Waals surface area contributed by atoms with Gasteiger partial charge in [-0.2, -0.15) is 0 Å². The lowest BCUT2D eigenvalue weighted by atomic mass is 10.1. The molecule has 1 saturated heterocycles. The number of hydrogen-bond donors (Lipinski definition) is 3. The van der Waals surface area contributed by atoms with E-state index in [4.69, 9.17) is 4.42 Å². The minimum atomic E-state index is -0.511. The SMILES string of the molecule is O=C(NNC(=O)[C@@H]1CC(=O)N(Cc2ccco2)C1)c1cc(Br)c[nH]1. The molecule has 3 heterocycles. The van der Waals surface area contributed by atoms with Crippen molar-refractivity contribution < 1.29 is 18.8 Å². The molecule has 0 saturated carbocycles. The van der Waals surface area contributed by atoms with E-state index in [-0.39, 0.29) is 18.9 Å². The third-order valence-corrected chi connectivity index (χ3v) is 4.16. The molecular weight excluding hydrogens is 380 g/mol. The van der Waals surface area contributed by atoms with Crippen LogP contribution in [0.5, 0.6) is 0 Å². The van der Waals surface area contributed by atoms with Gasteiger partial charge in [-0.3, -0.25) is 25.2 Å². The quantitative estimate of drug-likeness (QED) is 0.676. The Labute approximate surface area is 145 Å². The topological polar surface area (TPSA) is 107 Å². The van der Waals surface area contributed by atoms with Crippen molar-refractivity contribution in [1.29, 1.82) is 0 Å². The van der Waals surface area contributed by atoms with Gasteiger partial charge in [0.15, 0.2) is 0 Å². The molecule has 126 valence electrons. The van der Waals surface area contributed by atoms with E-state index in [1.807, 2.05) is 0 Å². The number of carbonyl (C=O) groups excluding carboxylic acids is 3. The summed E-state index contributed by atoms with van der Waals surface area (Å²) in [7, 11) is 0. The maximum atomic E-state index is 12.1. The normalized spacial score (nSPS) is 17.1. The monoisotopic (exact) mass is 394 g/mol. The number of amides is 3. The van der Waals surface area contributed by atoms with Crippen molar-refractivity contribution in [3.8, 4) is 0 Å². The molecule has 0 aliphatic carbocycles. The number of nitrogens with one attached hydrogen (secondary N) is 3.